The Hall–Kier alpha value is -2.47. The number of fused-ring (bicyclic) bond motifs is 1. The summed E-state index contributed by atoms with van der Waals surface area (Å²) in [6.07, 6.45) is 0. The number of ether oxygens (including phenoxy) is 1. The van der Waals surface area contributed by atoms with Gasteiger partial charge in [-0.3, -0.25) is 4.79 Å². The maximum Gasteiger partial charge on any atom is 0.308 e. The minimum Gasteiger partial charge on any atom is -0.424 e. The summed E-state index contributed by atoms with van der Waals surface area (Å²) in [5.74, 6) is -0.854. The van der Waals surface area contributed by atoms with Crippen molar-refractivity contribution >= 4 is 38.9 Å². The Bertz CT molecular complexity index is 860. The van der Waals surface area contributed by atoms with Gasteiger partial charge in [0.25, 0.3) is 0 Å². The lowest BCUT2D eigenvalue weighted by molar-refractivity contribution is -0.131. The summed E-state index contributed by atoms with van der Waals surface area (Å²) in [5, 5.41) is 3.02. The predicted octanol–water partition coefficient (Wildman–Crippen LogP) is 4.41. The molecule has 2 aromatic carbocycles. The number of carbonyl (C=O) groups excluding carboxylic acids is 1. The van der Waals surface area contributed by atoms with E-state index in [0.717, 1.165) is 11.3 Å². The third-order valence-electron chi connectivity index (χ3n) is 3.19. The Kier molecular flexibility index (Phi) is 3.77. The standard InChI is InChI=1S/C16H13FN2O2S/c1-9-5-3-4-6-11(9)19-15-13(21-10(2)20)7-12-16(14(15)17)22-8-18-12/h3-8,19H,1-2H3. The van der Waals surface area contributed by atoms with Crippen LogP contribution in [-0.2, 0) is 4.79 Å². The Labute approximate surface area is 130 Å². The van der Waals surface area contributed by atoms with Crippen molar-refractivity contribution < 1.29 is 13.9 Å². The average Bonchev–Trinajstić information content (AvgIpc) is 2.93. The number of halogens is 1. The zero-order valence-corrected chi connectivity index (χ0v) is 12.8. The molecular formula is C16H13FN2O2S. The van der Waals surface area contributed by atoms with Gasteiger partial charge in [0.1, 0.15) is 5.69 Å². The smallest absolute Gasteiger partial charge is 0.308 e. The minimum absolute atomic E-state index is 0.131. The fraction of sp³-hybridized carbons (Fsp3) is 0.125. The molecule has 0 saturated heterocycles. The van der Waals surface area contributed by atoms with Crippen molar-refractivity contribution in [2.24, 2.45) is 0 Å². The van der Waals surface area contributed by atoms with Crippen LogP contribution in [0.25, 0.3) is 10.2 Å². The number of carbonyl (C=O) groups is 1. The molecule has 4 nitrogen and oxygen atoms in total. The van der Waals surface area contributed by atoms with Crippen molar-refractivity contribution in [3.05, 3.63) is 47.2 Å². The lowest BCUT2D eigenvalue weighted by Gasteiger charge is -2.14. The first kappa shape index (κ1) is 14.5. The lowest BCUT2D eigenvalue weighted by Crippen LogP contribution is -2.06. The van der Waals surface area contributed by atoms with Gasteiger partial charge in [0.2, 0.25) is 0 Å². The molecule has 0 bridgehead atoms. The van der Waals surface area contributed by atoms with Crippen LogP contribution in [0.4, 0.5) is 15.8 Å². The molecule has 0 saturated carbocycles. The van der Waals surface area contributed by atoms with Crippen molar-refractivity contribution in [3.8, 4) is 5.75 Å². The van der Waals surface area contributed by atoms with Crippen molar-refractivity contribution in [3.63, 3.8) is 0 Å². The predicted molar refractivity (Wildman–Crippen MR) is 85.3 cm³/mol. The third-order valence-corrected chi connectivity index (χ3v) is 4.02. The highest BCUT2D eigenvalue weighted by Gasteiger charge is 2.18. The second kappa shape index (κ2) is 5.73. The van der Waals surface area contributed by atoms with Gasteiger partial charge in [-0.1, -0.05) is 18.2 Å². The van der Waals surface area contributed by atoms with Crippen molar-refractivity contribution in [2.45, 2.75) is 13.8 Å². The largest absolute Gasteiger partial charge is 0.424 e. The number of anilines is 2. The lowest BCUT2D eigenvalue weighted by atomic mass is 10.2. The van der Waals surface area contributed by atoms with E-state index in [1.807, 2.05) is 31.2 Å². The van der Waals surface area contributed by atoms with E-state index in [2.05, 4.69) is 10.3 Å². The molecule has 3 aromatic rings. The zero-order chi connectivity index (χ0) is 15.7. The first-order valence-corrected chi connectivity index (χ1v) is 7.51. The fourth-order valence-electron chi connectivity index (χ4n) is 2.14. The van der Waals surface area contributed by atoms with Gasteiger partial charge < -0.3 is 10.1 Å². The molecule has 0 unspecified atom stereocenters. The number of aromatic nitrogens is 1. The SMILES string of the molecule is CC(=O)Oc1cc2ncsc2c(F)c1Nc1ccccc1C. The van der Waals surface area contributed by atoms with E-state index in [9.17, 15) is 9.18 Å². The van der Waals surface area contributed by atoms with Crippen LogP contribution < -0.4 is 10.1 Å². The van der Waals surface area contributed by atoms with Crippen molar-refractivity contribution in [1.82, 2.24) is 4.98 Å². The molecule has 1 heterocycles. The van der Waals surface area contributed by atoms with E-state index in [1.54, 1.807) is 11.6 Å². The average molecular weight is 316 g/mol. The topological polar surface area (TPSA) is 51.2 Å². The first-order chi connectivity index (χ1) is 10.6. The monoisotopic (exact) mass is 316 g/mol. The van der Waals surface area contributed by atoms with E-state index in [4.69, 9.17) is 4.74 Å². The molecule has 3 rings (SSSR count). The molecule has 6 heteroatoms. The minimum atomic E-state index is -0.512. The van der Waals surface area contributed by atoms with Crippen LogP contribution in [0.2, 0.25) is 0 Å². The highest BCUT2D eigenvalue weighted by Crippen LogP contribution is 2.38. The second-order valence-electron chi connectivity index (χ2n) is 4.80. The molecule has 1 aromatic heterocycles. The number of hydrogen-bond acceptors (Lipinski definition) is 5. The summed E-state index contributed by atoms with van der Waals surface area (Å²) in [5.41, 5.74) is 3.87. The molecule has 0 amide bonds. The summed E-state index contributed by atoms with van der Waals surface area (Å²) in [6, 6.07) is 9.07. The van der Waals surface area contributed by atoms with Gasteiger partial charge in [-0.15, -0.1) is 11.3 Å². The number of esters is 1. The molecule has 112 valence electrons. The van der Waals surface area contributed by atoms with E-state index >= 15 is 0 Å². The Morgan fingerprint density at radius 3 is 2.86 bits per heavy atom. The van der Waals surface area contributed by atoms with Gasteiger partial charge in [-0.25, -0.2) is 9.37 Å². The molecule has 0 aliphatic rings. The summed E-state index contributed by atoms with van der Waals surface area (Å²) >= 11 is 1.20. The first-order valence-electron chi connectivity index (χ1n) is 6.63. The molecule has 0 fully saturated rings. The quantitative estimate of drug-likeness (QED) is 0.574. The highest BCUT2D eigenvalue weighted by atomic mass is 32.1. The summed E-state index contributed by atoms with van der Waals surface area (Å²) in [7, 11) is 0. The number of thiazole rings is 1. The molecule has 0 aliphatic heterocycles. The van der Waals surface area contributed by atoms with Gasteiger partial charge >= 0.3 is 5.97 Å². The van der Waals surface area contributed by atoms with Gasteiger partial charge in [0, 0.05) is 18.7 Å². The van der Waals surface area contributed by atoms with Gasteiger partial charge in [0.15, 0.2) is 11.6 Å². The fourth-order valence-corrected chi connectivity index (χ4v) is 2.85. The van der Waals surface area contributed by atoms with Crippen LogP contribution >= 0.6 is 11.3 Å². The van der Waals surface area contributed by atoms with Gasteiger partial charge in [0.05, 0.1) is 15.7 Å². The number of hydrogen-bond donors (Lipinski definition) is 1. The summed E-state index contributed by atoms with van der Waals surface area (Å²) < 4.78 is 20.3. The normalized spacial score (nSPS) is 10.7. The summed E-state index contributed by atoms with van der Waals surface area (Å²) in [6.45, 7) is 3.19. The second-order valence-corrected chi connectivity index (χ2v) is 5.65. The molecule has 0 aliphatic carbocycles. The number of aryl methyl sites for hydroxylation is 1. The van der Waals surface area contributed by atoms with Crippen LogP contribution in [0.15, 0.2) is 35.8 Å². The number of nitrogens with zero attached hydrogens (tertiary/aromatic N) is 1. The van der Waals surface area contributed by atoms with E-state index in [-0.39, 0.29) is 11.4 Å². The Morgan fingerprint density at radius 2 is 2.14 bits per heavy atom. The Balaban J connectivity index is 2.15. The number of nitrogens with one attached hydrogen (secondary N) is 1. The van der Waals surface area contributed by atoms with Gasteiger partial charge in [-0.05, 0) is 18.6 Å². The van der Waals surface area contributed by atoms with E-state index in [0.29, 0.717) is 10.2 Å². The molecular weight excluding hydrogens is 303 g/mol. The van der Waals surface area contributed by atoms with Crippen molar-refractivity contribution in [2.75, 3.05) is 5.32 Å². The number of para-hydroxylation sites is 1. The molecule has 22 heavy (non-hydrogen) atoms. The molecule has 0 radical (unpaired) electrons. The van der Waals surface area contributed by atoms with Crippen LogP contribution in [0.3, 0.4) is 0 Å². The summed E-state index contributed by atoms with van der Waals surface area (Å²) in [4.78, 5) is 15.4. The Morgan fingerprint density at radius 1 is 1.36 bits per heavy atom. The van der Waals surface area contributed by atoms with Crippen LogP contribution in [0, 0.1) is 12.7 Å². The van der Waals surface area contributed by atoms with Crippen LogP contribution in [0.1, 0.15) is 12.5 Å². The van der Waals surface area contributed by atoms with Crippen molar-refractivity contribution in [1.29, 1.82) is 0 Å². The number of benzene rings is 2. The van der Waals surface area contributed by atoms with Crippen LogP contribution in [0.5, 0.6) is 5.75 Å². The molecule has 0 spiro atoms. The highest BCUT2D eigenvalue weighted by molar-refractivity contribution is 7.16. The maximum atomic E-state index is 14.7. The third kappa shape index (κ3) is 2.65. The van der Waals surface area contributed by atoms with E-state index in [1.165, 1.54) is 18.3 Å². The van der Waals surface area contributed by atoms with E-state index < -0.39 is 11.8 Å². The molecule has 1 N–H and O–H groups in total. The van der Waals surface area contributed by atoms with Crippen LogP contribution in [-0.4, -0.2) is 11.0 Å². The molecule has 0 atom stereocenters. The number of rotatable bonds is 3. The maximum absolute atomic E-state index is 14.7. The van der Waals surface area contributed by atoms with Gasteiger partial charge in [-0.2, -0.15) is 0 Å². The zero-order valence-electron chi connectivity index (χ0n) is 12.0.